The zero-order valence-corrected chi connectivity index (χ0v) is 14.0. The molecule has 0 unspecified atom stereocenters. The average molecular weight is 342 g/mol. The van der Waals surface area contributed by atoms with Crippen LogP contribution in [0.25, 0.3) is 11.1 Å². The molecule has 0 atom stereocenters. The molecule has 3 rings (SSSR count). The Bertz CT molecular complexity index is 963. The Labute approximate surface area is 143 Å². The van der Waals surface area contributed by atoms with E-state index >= 15 is 0 Å². The average Bonchev–Trinajstić information content (AvgIpc) is 2.89. The Hall–Kier alpha value is -3.35. The van der Waals surface area contributed by atoms with Crippen LogP contribution in [-0.4, -0.2) is 30.6 Å². The van der Waals surface area contributed by atoms with Gasteiger partial charge in [0.1, 0.15) is 5.75 Å². The molecule has 7 heteroatoms. The zero-order chi connectivity index (χ0) is 18.3. The summed E-state index contributed by atoms with van der Waals surface area (Å²) in [7, 11) is 0. The SMILES string of the molecule is Cc1cc(O)c(O)cc1Oc1n[nH]c(C)c1-c1cc(O)c(O)cc1C. The molecule has 0 amide bonds. The quantitative estimate of drug-likeness (QED) is 0.464. The van der Waals surface area contributed by atoms with Gasteiger partial charge in [-0.05, 0) is 55.7 Å². The van der Waals surface area contributed by atoms with E-state index in [1.165, 1.54) is 24.3 Å². The van der Waals surface area contributed by atoms with Crippen LogP contribution in [0.1, 0.15) is 16.8 Å². The zero-order valence-electron chi connectivity index (χ0n) is 14.0. The summed E-state index contributed by atoms with van der Waals surface area (Å²) in [5.41, 5.74) is 3.34. The Morgan fingerprint density at radius 3 is 2.04 bits per heavy atom. The Kier molecular flexibility index (Phi) is 3.92. The first-order valence-corrected chi connectivity index (χ1v) is 7.56. The van der Waals surface area contributed by atoms with E-state index in [4.69, 9.17) is 4.74 Å². The number of aromatic hydroxyl groups is 4. The molecular formula is C18H18N2O5. The van der Waals surface area contributed by atoms with Gasteiger partial charge >= 0.3 is 0 Å². The molecule has 0 fully saturated rings. The van der Waals surface area contributed by atoms with E-state index in [1.807, 2.05) is 0 Å². The first-order valence-electron chi connectivity index (χ1n) is 7.56. The summed E-state index contributed by atoms with van der Waals surface area (Å²) >= 11 is 0. The molecule has 0 bridgehead atoms. The van der Waals surface area contributed by atoms with Crippen molar-refractivity contribution in [2.45, 2.75) is 20.8 Å². The number of aromatic nitrogens is 2. The van der Waals surface area contributed by atoms with Gasteiger partial charge in [-0.1, -0.05) is 0 Å². The van der Waals surface area contributed by atoms with Crippen LogP contribution in [0.3, 0.4) is 0 Å². The molecule has 0 saturated heterocycles. The van der Waals surface area contributed by atoms with Crippen molar-refractivity contribution in [3.63, 3.8) is 0 Å². The number of phenols is 4. The molecule has 130 valence electrons. The minimum atomic E-state index is -0.298. The minimum Gasteiger partial charge on any atom is -0.504 e. The molecule has 1 heterocycles. The van der Waals surface area contributed by atoms with Gasteiger partial charge < -0.3 is 25.2 Å². The van der Waals surface area contributed by atoms with Crippen molar-refractivity contribution in [3.05, 3.63) is 41.1 Å². The number of benzene rings is 2. The van der Waals surface area contributed by atoms with Gasteiger partial charge in [0.25, 0.3) is 0 Å². The van der Waals surface area contributed by atoms with Crippen molar-refractivity contribution in [1.29, 1.82) is 0 Å². The summed E-state index contributed by atoms with van der Waals surface area (Å²) < 4.78 is 5.82. The van der Waals surface area contributed by atoms with Gasteiger partial charge in [-0.15, -0.1) is 5.10 Å². The molecule has 0 radical (unpaired) electrons. The molecular weight excluding hydrogens is 324 g/mol. The van der Waals surface area contributed by atoms with Crippen molar-refractivity contribution in [3.8, 4) is 45.8 Å². The second-order valence-electron chi connectivity index (χ2n) is 5.89. The summed E-state index contributed by atoms with van der Waals surface area (Å²) in [4.78, 5) is 0. The molecule has 7 nitrogen and oxygen atoms in total. The van der Waals surface area contributed by atoms with Crippen LogP contribution in [-0.2, 0) is 0 Å². The van der Waals surface area contributed by atoms with Crippen molar-refractivity contribution >= 4 is 0 Å². The second-order valence-corrected chi connectivity index (χ2v) is 5.89. The third-order valence-electron chi connectivity index (χ3n) is 3.98. The van der Waals surface area contributed by atoms with Gasteiger partial charge in [-0.2, -0.15) is 0 Å². The highest BCUT2D eigenvalue weighted by Gasteiger charge is 2.19. The van der Waals surface area contributed by atoms with Crippen LogP contribution in [0.15, 0.2) is 24.3 Å². The molecule has 0 aliphatic heterocycles. The number of H-pyrrole nitrogens is 1. The van der Waals surface area contributed by atoms with Crippen molar-refractivity contribution in [1.82, 2.24) is 10.2 Å². The number of aromatic amines is 1. The maximum absolute atomic E-state index is 9.82. The highest BCUT2D eigenvalue weighted by atomic mass is 16.5. The molecule has 2 aromatic carbocycles. The standard InChI is InChI=1S/C18H18N2O5/c1-8-4-12(21)14(23)6-11(8)17-10(3)19-20-18(17)25-16-7-15(24)13(22)5-9(16)2/h4-7,21-24H,1-3H3,(H,19,20). The number of hydrogen-bond donors (Lipinski definition) is 5. The first-order chi connectivity index (χ1) is 11.8. The minimum absolute atomic E-state index is 0.204. The van der Waals surface area contributed by atoms with Gasteiger partial charge in [0.2, 0.25) is 5.88 Å². The van der Waals surface area contributed by atoms with Gasteiger partial charge in [-0.3, -0.25) is 5.10 Å². The van der Waals surface area contributed by atoms with Crippen molar-refractivity contribution in [2.24, 2.45) is 0 Å². The fraction of sp³-hybridized carbons (Fsp3) is 0.167. The molecule has 0 spiro atoms. The Morgan fingerprint density at radius 1 is 0.800 bits per heavy atom. The smallest absolute Gasteiger partial charge is 0.246 e. The fourth-order valence-electron chi connectivity index (χ4n) is 2.62. The van der Waals surface area contributed by atoms with E-state index in [0.717, 1.165) is 5.56 Å². The predicted molar refractivity (Wildman–Crippen MR) is 91.4 cm³/mol. The molecule has 5 N–H and O–H groups in total. The number of aryl methyl sites for hydroxylation is 3. The third kappa shape index (κ3) is 2.91. The van der Waals surface area contributed by atoms with E-state index in [2.05, 4.69) is 10.2 Å². The lowest BCUT2D eigenvalue weighted by Gasteiger charge is -2.12. The largest absolute Gasteiger partial charge is 0.504 e. The first kappa shape index (κ1) is 16.5. The van der Waals surface area contributed by atoms with Crippen molar-refractivity contribution in [2.75, 3.05) is 0 Å². The Balaban J connectivity index is 2.10. The summed E-state index contributed by atoms with van der Waals surface area (Å²) in [6.07, 6.45) is 0. The van der Waals surface area contributed by atoms with Crippen LogP contribution in [0.4, 0.5) is 0 Å². The number of ether oxygens (including phenoxy) is 1. The topological polar surface area (TPSA) is 119 Å². The van der Waals surface area contributed by atoms with Gasteiger partial charge in [-0.25, -0.2) is 0 Å². The van der Waals surface area contributed by atoms with Gasteiger partial charge in [0.05, 0.1) is 5.56 Å². The number of nitrogens with zero attached hydrogens (tertiary/aromatic N) is 1. The second kappa shape index (κ2) is 5.94. The highest BCUT2D eigenvalue weighted by molar-refractivity contribution is 5.76. The molecule has 3 aromatic rings. The number of rotatable bonds is 3. The maximum atomic E-state index is 9.82. The molecule has 0 saturated carbocycles. The van der Waals surface area contributed by atoms with E-state index in [-0.39, 0.29) is 28.9 Å². The third-order valence-corrected chi connectivity index (χ3v) is 3.98. The molecule has 0 aliphatic carbocycles. The number of hydrogen-bond acceptors (Lipinski definition) is 6. The summed E-state index contributed by atoms with van der Waals surface area (Å²) in [6, 6.07) is 5.59. The summed E-state index contributed by atoms with van der Waals surface area (Å²) in [5, 5.41) is 45.7. The number of nitrogens with one attached hydrogen (secondary N) is 1. The summed E-state index contributed by atoms with van der Waals surface area (Å²) in [6.45, 7) is 5.33. The normalized spacial score (nSPS) is 10.8. The molecule has 0 aliphatic rings. The van der Waals surface area contributed by atoms with E-state index in [1.54, 1.807) is 20.8 Å². The van der Waals surface area contributed by atoms with Crippen LogP contribution >= 0.6 is 0 Å². The van der Waals surface area contributed by atoms with E-state index in [9.17, 15) is 20.4 Å². The van der Waals surface area contributed by atoms with Crippen molar-refractivity contribution < 1.29 is 25.2 Å². The van der Waals surface area contributed by atoms with E-state index < -0.39 is 0 Å². The highest BCUT2D eigenvalue weighted by Crippen LogP contribution is 2.41. The molecule has 25 heavy (non-hydrogen) atoms. The lowest BCUT2D eigenvalue weighted by atomic mass is 10.00. The van der Waals surface area contributed by atoms with Crippen LogP contribution in [0.2, 0.25) is 0 Å². The Morgan fingerprint density at radius 2 is 1.36 bits per heavy atom. The number of phenolic OH excluding ortho intramolecular Hbond substituents is 4. The predicted octanol–water partition coefficient (Wildman–Crippen LogP) is 3.62. The van der Waals surface area contributed by atoms with E-state index in [0.29, 0.717) is 28.1 Å². The van der Waals surface area contributed by atoms with Gasteiger partial charge in [0, 0.05) is 11.8 Å². The summed E-state index contributed by atoms with van der Waals surface area (Å²) in [5.74, 6) is -0.396. The van der Waals surface area contributed by atoms with Crippen LogP contribution in [0.5, 0.6) is 34.6 Å². The lowest BCUT2D eigenvalue weighted by molar-refractivity contribution is 0.395. The lowest BCUT2D eigenvalue weighted by Crippen LogP contribution is -1.92. The molecule has 1 aromatic heterocycles. The maximum Gasteiger partial charge on any atom is 0.246 e. The van der Waals surface area contributed by atoms with Crippen LogP contribution < -0.4 is 4.74 Å². The fourth-order valence-corrected chi connectivity index (χ4v) is 2.62. The van der Waals surface area contributed by atoms with Crippen LogP contribution in [0, 0.1) is 20.8 Å². The van der Waals surface area contributed by atoms with Gasteiger partial charge in [0.15, 0.2) is 23.0 Å². The monoisotopic (exact) mass is 342 g/mol.